The maximum absolute atomic E-state index is 12.0. The van der Waals surface area contributed by atoms with Gasteiger partial charge in [0, 0.05) is 5.69 Å². The van der Waals surface area contributed by atoms with Gasteiger partial charge in [-0.25, -0.2) is 9.59 Å². The highest BCUT2D eigenvalue weighted by atomic mass is 16.7. The fourth-order valence-corrected chi connectivity index (χ4v) is 2.22. The number of amides is 1. The Morgan fingerprint density at radius 2 is 1.69 bits per heavy atom. The Morgan fingerprint density at radius 3 is 2.31 bits per heavy atom. The van der Waals surface area contributed by atoms with Crippen molar-refractivity contribution in [2.45, 2.75) is 13.5 Å². The molecule has 0 radical (unpaired) electrons. The quantitative estimate of drug-likeness (QED) is 0.613. The van der Waals surface area contributed by atoms with Gasteiger partial charge in [0.1, 0.15) is 19.8 Å². The van der Waals surface area contributed by atoms with E-state index in [-0.39, 0.29) is 26.4 Å². The molecule has 154 valence electrons. The fraction of sp³-hybridized carbons (Fsp3) is 0.273. The molecule has 0 bridgehead atoms. The van der Waals surface area contributed by atoms with Gasteiger partial charge in [0.2, 0.25) is 0 Å². The predicted molar refractivity (Wildman–Crippen MR) is 109 cm³/mol. The van der Waals surface area contributed by atoms with Crippen molar-refractivity contribution in [2.24, 2.45) is 5.41 Å². The Bertz CT molecular complexity index is 806. The molecule has 0 spiro atoms. The van der Waals surface area contributed by atoms with Crippen molar-refractivity contribution in [3.63, 3.8) is 0 Å². The number of benzene rings is 2. The monoisotopic (exact) mass is 399 g/mol. The number of nitrogens with one attached hydrogen (secondary N) is 1. The van der Waals surface area contributed by atoms with Crippen LogP contribution in [0.25, 0.3) is 6.08 Å². The lowest BCUT2D eigenvalue weighted by Crippen LogP contribution is -2.35. The number of hydrogen-bond acceptors (Lipinski definition) is 6. The van der Waals surface area contributed by atoms with E-state index < -0.39 is 17.7 Å². The van der Waals surface area contributed by atoms with E-state index in [1.807, 2.05) is 30.3 Å². The summed E-state index contributed by atoms with van der Waals surface area (Å²) in [5, 5.41) is 12.2. The second kappa shape index (κ2) is 10.9. The van der Waals surface area contributed by atoms with E-state index in [1.165, 1.54) is 0 Å². The summed E-state index contributed by atoms with van der Waals surface area (Å²) in [6, 6.07) is 16.2. The normalized spacial score (nSPS) is 12.3. The molecule has 2 aromatic rings. The summed E-state index contributed by atoms with van der Waals surface area (Å²) in [6.07, 6.45) is 0.155. The van der Waals surface area contributed by atoms with Crippen molar-refractivity contribution in [2.75, 3.05) is 25.1 Å². The van der Waals surface area contributed by atoms with Crippen LogP contribution in [0.15, 0.2) is 61.2 Å². The standard InChI is InChI=1S/C22H25NO6/c1-3-17-9-11-19(12-10-17)23-20(25)28-15-22(2,14-24)16-29-21(26)27-13-18-7-5-4-6-8-18/h3-12,24H,1,13-16H2,2H3,(H,23,25). The Morgan fingerprint density at radius 1 is 1.03 bits per heavy atom. The third-order valence-electron chi connectivity index (χ3n) is 4.06. The van der Waals surface area contributed by atoms with Crippen molar-refractivity contribution in [3.8, 4) is 0 Å². The summed E-state index contributed by atoms with van der Waals surface area (Å²) in [5.74, 6) is 0. The fourth-order valence-electron chi connectivity index (χ4n) is 2.22. The molecule has 0 heterocycles. The Labute approximate surface area is 169 Å². The topological polar surface area (TPSA) is 94.1 Å². The number of anilines is 1. The summed E-state index contributed by atoms with van der Waals surface area (Å²) in [4.78, 5) is 23.7. The molecule has 0 aliphatic heterocycles. The van der Waals surface area contributed by atoms with Crippen LogP contribution in [-0.2, 0) is 20.8 Å². The van der Waals surface area contributed by atoms with Gasteiger partial charge < -0.3 is 19.3 Å². The maximum Gasteiger partial charge on any atom is 0.508 e. The molecule has 29 heavy (non-hydrogen) atoms. The zero-order chi connectivity index (χ0) is 21.1. The van der Waals surface area contributed by atoms with E-state index in [0.29, 0.717) is 5.69 Å². The van der Waals surface area contributed by atoms with Gasteiger partial charge in [-0.1, -0.05) is 62.0 Å². The van der Waals surface area contributed by atoms with Crippen LogP contribution in [-0.4, -0.2) is 37.2 Å². The van der Waals surface area contributed by atoms with E-state index in [1.54, 1.807) is 37.3 Å². The van der Waals surface area contributed by atoms with Gasteiger partial charge in [-0.2, -0.15) is 0 Å². The average molecular weight is 399 g/mol. The molecule has 2 rings (SSSR count). The van der Waals surface area contributed by atoms with Crippen molar-refractivity contribution in [3.05, 3.63) is 72.3 Å². The first kappa shape index (κ1) is 22.0. The minimum atomic E-state index is -0.962. The molecular formula is C22H25NO6. The lowest BCUT2D eigenvalue weighted by atomic mass is 9.94. The molecule has 2 aromatic carbocycles. The van der Waals surface area contributed by atoms with Gasteiger partial charge >= 0.3 is 12.2 Å². The summed E-state index contributed by atoms with van der Waals surface area (Å²) < 4.78 is 15.2. The zero-order valence-corrected chi connectivity index (χ0v) is 16.3. The molecule has 0 aliphatic carbocycles. The van der Waals surface area contributed by atoms with Gasteiger partial charge in [-0.15, -0.1) is 0 Å². The average Bonchev–Trinajstić information content (AvgIpc) is 2.76. The number of aliphatic hydroxyl groups excluding tert-OH is 1. The second-order valence-corrected chi connectivity index (χ2v) is 6.81. The van der Waals surface area contributed by atoms with Crippen LogP contribution in [0.1, 0.15) is 18.1 Å². The molecule has 1 atom stereocenters. The molecule has 0 aliphatic rings. The van der Waals surface area contributed by atoms with E-state index in [4.69, 9.17) is 14.2 Å². The van der Waals surface area contributed by atoms with Crippen LogP contribution < -0.4 is 5.32 Å². The number of ether oxygens (including phenoxy) is 3. The molecule has 1 amide bonds. The molecule has 7 heteroatoms. The van der Waals surface area contributed by atoms with Gasteiger partial charge in [0.15, 0.2) is 0 Å². The van der Waals surface area contributed by atoms with Crippen molar-refractivity contribution >= 4 is 24.0 Å². The first-order chi connectivity index (χ1) is 13.9. The highest BCUT2D eigenvalue weighted by Gasteiger charge is 2.28. The van der Waals surface area contributed by atoms with Crippen LogP contribution in [0, 0.1) is 5.41 Å². The van der Waals surface area contributed by atoms with Crippen LogP contribution in [0.3, 0.4) is 0 Å². The Hall–Kier alpha value is -3.32. The lowest BCUT2D eigenvalue weighted by Gasteiger charge is -2.25. The van der Waals surface area contributed by atoms with Crippen molar-refractivity contribution in [1.29, 1.82) is 0 Å². The molecule has 2 N–H and O–H groups in total. The number of rotatable bonds is 9. The molecule has 7 nitrogen and oxygen atoms in total. The Kier molecular flexibility index (Phi) is 8.24. The van der Waals surface area contributed by atoms with E-state index >= 15 is 0 Å². The first-order valence-electron chi connectivity index (χ1n) is 9.05. The van der Waals surface area contributed by atoms with Gasteiger partial charge in [0.25, 0.3) is 0 Å². The highest BCUT2D eigenvalue weighted by molar-refractivity contribution is 5.84. The van der Waals surface area contributed by atoms with Gasteiger partial charge in [-0.05, 0) is 23.3 Å². The molecule has 0 saturated heterocycles. The third-order valence-corrected chi connectivity index (χ3v) is 4.06. The molecule has 0 aromatic heterocycles. The Balaban J connectivity index is 1.75. The molecule has 1 unspecified atom stereocenters. The summed E-state index contributed by atoms with van der Waals surface area (Å²) in [7, 11) is 0. The zero-order valence-electron chi connectivity index (χ0n) is 16.3. The largest absolute Gasteiger partial charge is 0.508 e. The number of carbonyl (C=O) groups is 2. The van der Waals surface area contributed by atoms with Crippen LogP contribution in [0.2, 0.25) is 0 Å². The molecular weight excluding hydrogens is 374 g/mol. The molecule has 0 saturated carbocycles. The first-order valence-corrected chi connectivity index (χ1v) is 9.05. The lowest BCUT2D eigenvalue weighted by molar-refractivity contribution is -0.0200. The third kappa shape index (κ3) is 7.67. The van der Waals surface area contributed by atoms with E-state index in [0.717, 1.165) is 11.1 Å². The number of hydrogen-bond donors (Lipinski definition) is 2. The summed E-state index contributed by atoms with van der Waals surface area (Å²) in [5.41, 5.74) is 1.35. The second-order valence-electron chi connectivity index (χ2n) is 6.81. The maximum atomic E-state index is 12.0. The SMILES string of the molecule is C=Cc1ccc(NC(=O)OCC(C)(CO)COC(=O)OCc2ccccc2)cc1. The number of aliphatic hydroxyl groups is 1. The smallest absolute Gasteiger partial charge is 0.448 e. The number of carbonyl (C=O) groups excluding carboxylic acids is 2. The van der Waals surface area contributed by atoms with E-state index in [2.05, 4.69) is 11.9 Å². The van der Waals surface area contributed by atoms with Crippen LogP contribution in [0.5, 0.6) is 0 Å². The summed E-state index contributed by atoms with van der Waals surface area (Å²) in [6.45, 7) is 4.71. The summed E-state index contributed by atoms with van der Waals surface area (Å²) >= 11 is 0. The van der Waals surface area contributed by atoms with Gasteiger partial charge in [0.05, 0.1) is 12.0 Å². The molecule has 0 fully saturated rings. The van der Waals surface area contributed by atoms with Crippen molar-refractivity contribution in [1.82, 2.24) is 0 Å². The predicted octanol–water partition coefficient (Wildman–Crippen LogP) is 4.23. The highest BCUT2D eigenvalue weighted by Crippen LogP contribution is 2.18. The van der Waals surface area contributed by atoms with Crippen LogP contribution >= 0.6 is 0 Å². The van der Waals surface area contributed by atoms with Gasteiger partial charge in [-0.3, -0.25) is 5.32 Å². The minimum absolute atomic E-state index is 0.0824. The van der Waals surface area contributed by atoms with Crippen LogP contribution in [0.4, 0.5) is 15.3 Å². The van der Waals surface area contributed by atoms with Crippen molar-refractivity contribution < 1.29 is 28.9 Å². The minimum Gasteiger partial charge on any atom is -0.448 e. The van der Waals surface area contributed by atoms with E-state index in [9.17, 15) is 14.7 Å².